The summed E-state index contributed by atoms with van der Waals surface area (Å²) in [6.07, 6.45) is 13.4. The van der Waals surface area contributed by atoms with Crippen molar-refractivity contribution in [1.82, 2.24) is 51.5 Å². The number of methoxy groups -OCH3 is 1. The van der Waals surface area contributed by atoms with Crippen molar-refractivity contribution < 1.29 is 30.3 Å². The molecule has 11 aromatic rings. The van der Waals surface area contributed by atoms with Gasteiger partial charge in [0.2, 0.25) is 5.88 Å². The first kappa shape index (κ1) is 105. The Morgan fingerprint density at radius 3 is 0.931 bits per heavy atom. The number of aromatic nitrogens is 5. The van der Waals surface area contributed by atoms with Gasteiger partial charge in [-0.05, 0) is 250 Å². The fourth-order valence-corrected chi connectivity index (χ4v) is 14.2. The average Bonchev–Trinajstić information content (AvgIpc) is 0.831. The van der Waals surface area contributed by atoms with E-state index in [4.69, 9.17) is 10.5 Å². The Bertz CT molecular complexity index is 5550. The maximum atomic E-state index is 11.1. The van der Waals surface area contributed by atoms with Crippen molar-refractivity contribution in [1.29, 1.82) is 0 Å². The Labute approximate surface area is 779 Å². The minimum Gasteiger partial charge on any atom is -0.507 e. The third-order valence-corrected chi connectivity index (χ3v) is 22.6. The normalized spacial score (nSPS) is 13.0. The fraction of sp³-hybridized carbons (Fsp3) is 0.468. The van der Waals surface area contributed by atoms with Crippen LogP contribution in [0.25, 0.3) is 66.4 Å². The van der Waals surface area contributed by atoms with E-state index in [9.17, 15) is 25.5 Å². The number of phenols is 5. The van der Waals surface area contributed by atoms with Gasteiger partial charge >= 0.3 is 0 Å². The zero-order valence-electron chi connectivity index (χ0n) is 84.9. The van der Waals surface area contributed by atoms with Gasteiger partial charge in [0, 0.05) is 220 Å². The quantitative estimate of drug-likeness (QED) is 0.0381. The van der Waals surface area contributed by atoms with Crippen molar-refractivity contribution in [2.75, 3.05) is 49.8 Å². The molecule has 0 aliphatic carbocycles. The molecule has 5 aromatic heterocycles. The summed E-state index contributed by atoms with van der Waals surface area (Å²) >= 11 is 0. The molecule has 1 saturated heterocycles. The van der Waals surface area contributed by atoms with Crippen molar-refractivity contribution in [2.24, 2.45) is 0 Å². The van der Waals surface area contributed by atoms with Crippen LogP contribution in [-0.4, -0.2) is 112 Å². The molecule has 6 aromatic carbocycles. The Morgan fingerprint density at radius 2 is 0.646 bits per heavy atom. The highest BCUT2D eigenvalue weighted by Gasteiger charge is 2.29. The van der Waals surface area contributed by atoms with Crippen molar-refractivity contribution in [3.8, 4) is 90.3 Å². The second kappa shape index (κ2) is 42.3. The number of hydrogen-bond donors (Lipinski definition) is 11. The number of aromatic hydroxyl groups is 5. The van der Waals surface area contributed by atoms with Crippen LogP contribution in [0.1, 0.15) is 276 Å². The molecule has 6 heterocycles. The minimum atomic E-state index is -0.0225. The fourth-order valence-electron chi connectivity index (χ4n) is 14.2. The average molecular weight is 1770 g/mol. The summed E-state index contributed by atoms with van der Waals surface area (Å²) in [5.74, 6) is 4.57. The smallest absolute Gasteiger partial charge is 0.212 e. The Morgan fingerprint density at radius 1 is 0.338 bits per heavy atom. The molecule has 130 heavy (non-hydrogen) atoms. The maximum absolute atomic E-state index is 11.1. The van der Waals surface area contributed by atoms with Gasteiger partial charge < -0.3 is 72.4 Å². The van der Waals surface area contributed by atoms with Crippen molar-refractivity contribution in [3.05, 3.63) is 226 Å². The third-order valence-electron chi connectivity index (χ3n) is 22.6. The highest BCUT2D eigenvalue weighted by molar-refractivity contribution is 5.97. The van der Waals surface area contributed by atoms with Crippen LogP contribution in [-0.2, 0) is 59.8 Å². The lowest BCUT2D eigenvalue weighted by atomic mass is 9.83. The number of pyridine rings is 5. The van der Waals surface area contributed by atoms with Crippen LogP contribution in [0.5, 0.6) is 34.6 Å². The minimum absolute atomic E-state index is 0.00184. The second-order valence-corrected chi connectivity index (χ2v) is 45.3. The summed E-state index contributed by atoms with van der Waals surface area (Å²) in [6, 6.07) is 44.7. The molecule has 0 bridgehead atoms. The molecule has 1 aliphatic heterocycles. The highest BCUT2D eigenvalue weighted by Crippen LogP contribution is 2.45. The van der Waals surface area contributed by atoms with E-state index in [1.54, 1.807) is 25.6 Å². The summed E-state index contributed by atoms with van der Waals surface area (Å²) in [5, 5.41) is 74.3. The van der Waals surface area contributed by atoms with Crippen LogP contribution in [0.2, 0.25) is 0 Å². The topological polar surface area (TPSA) is 267 Å². The zero-order valence-corrected chi connectivity index (χ0v) is 84.9. The predicted molar refractivity (Wildman–Crippen MR) is 547 cm³/mol. The number of benzene rings is 6. The van der Waals surface area contributed by atoms with E-state index in [0.717, 1.165) is 119 Å². The molecule has 12 rings (SSSR count). The molecule has 0 unspecified atom stereocenters. The molecule has 19 heteroatoms. The second-order valence-electron chi connectivity index (χ2n) is 45.3. The first-order valence-corrected chi connectivity index (χ1v) is 45.9. The van der Waals surface area contributed by atoms with E-state index < -0.39 is 0 Å². The van der Waals surface area contributed by atoms with E-state index in [1.165, 1.54) is 40.7 Å². The number of nitrogen functional groups attached to an aromatic ring is 1. The molecule has 0 atom stereocenters. The van der Waals surface area contributed by atoms with E-state index in [0.29, 0.717) is 73.2 Å². The van der Waals surface area contributed by atoms with Crippen LogP contribution in [0.4, 0.5) is 17.5 Å². The Hall–Kier alpha value is -10.7. The number of nitrogens with one attached hydrogen (secondary N) is 5. The van der Waals surface area contributed by atoms with Gasteiger partial charge in [0.25, 0.3) is 0 Å². The predicted octanol–water partition coefficient (Wildman–Crippen LogP) is 24.6. The number of phenolic OH excluding ortho intramolecular Hbond substituents is 5. The van der Waals surface area contributed by atoms with Crippen LogP contribution in [0, 0.1) is 0 Å². The summed E-state index contributed by atoms with van der Waals surface area (Å²) < 4.78 is 5.13. The Balaban J connectivity index is 0.000000201. The summed E-state index contributed by atoms with van der Waals surface area (Å²) in [5.41, 5.74) is 24.8. The number of nitrogens with two attached hydrogens (primary N) is 1. The van der Waals surface area contributed by atoms with E-state index in [-0.39, 0.29) is 54.8 Å². The summed E-state index contributed by atoms with van der Waals surface area (Å²) in [6.45, 7) is 70.0. The molecule has 0 radical (unpaired) electrons. The lowest BCUT2D eigenvalue weighted by Gasteiger charge is -2.25. The van der Waals surface area contributed by atoms with Crippen molar-refractivity contribution in [3.63, 3.8) is 0 Å². The van der Waals surface area contributed by atoms with Gasteiger partial charge in [0.15, 0.2) is 0 Å². The van der Waals surface area contributed by atoms with Gasteiger partial charge in [-0.1, -0.05) is 158 Å². The molecule has 0 saturated carbocycles. The lowest BCUT2D eigenvalue weighted by Crippen LogP contribution is -2.35. The van der Waals surface area contributed by atoms with Gasteiger partial charge in [0.1, 0.15) is 46.2 Å². The van der Waals surface area contributed by atoms with Gasteiger partial charge in [-0.15, -0.1) is 0 Å². The first-order chi connectivity index (χ1) is 60.0. The zero-order chi connectivity index (χ0) is 97.0. The van der Waals surface area contributed by atoms with Gasteiger partial charge in [0.05, 0.1) is 7.11 Å². The third kappa shape index (κ3) is 30.7. The SMILES string of the molecule is CC(C)(C)NCc1cc(C(C)(C)C)cc(-c2ccc(N)nc2)c1O.CC(C)(C)NCc1cc(C(C)(C)C)cc(-c2ccc(N3CCCC3)nc2)c1O.CC(C)(C)NCc1cc(C(C)(C)C)cc(-c2cncc3ccccc23)c1O.CN(C)c1ccc(-c2cc(C(C)(C)C)cc(CNC(C)(C)C)c2O)cn1.COc1ccc(-c2cc(C(C)(C)C)cc(CNC(C)(C)C)c2O)cn1. The number of hydrogen-bond acceptors (Lipinski definition) is 19. The standard InChI is InChI=1S/C24H35N3O.C24H30N2O.C22H33N3O.C21H30N2O2.C20H29N3O/c1-23(2,3)19-13-18(16-26-24(4,5)6)22(28)20(14-19)17-9-10-21(25-15-17)27-11-7-8-12-27;1-23(2,3)18-11-17(14-26-24(4,5)6)22(27)20(12-18)21-15-25-13-16-9-7-8-10-19(16)21;1-21(2,3)17-11-16(14-24-22(4,5)6)20(26)18(12-17)15-9-10-19(23-13-15)25(7)8;1-20(2,3)16-10-15(13-23-21(4,5)6)19(24)17(11-16)14-8-9-18(25-7)22-12-14;1-19(2,3)15-9-14(12-23-20(4,5)6)18(24)16(10-15)13-7-8-17(21)22-11-13/h9-10,13-15,26,28H,7-8,11-12,16H2,1-6H3;7-13,15,26-27H,14H2,1-6H3;9-13,24,26H,14H2,1-8H3;8-12,23-24H,13H2,1-7H3;7-11,23-24H,12H2,1-6H3,(H2,21,22). The van der Waals surface area contributed by atoms with Crippen molar-refractivity contribution >= 4 is 28.2 Å². The summed E-state index contributed by atoms with van der Waals surface area (Å²) in [4.78, 5) is 26.3. The van der Waals surface area contributed by atoms with E-state index in [2.05, 4.69) is 343 Å². The lowest BCUT2D eigenvalue weighted by molar-refractivity contribution is 0.398. The molecule has 1 aliphatic rings. The van der Waals surface area contributed by atoms with Crippen LogP contribution >= 0.6 is 0 Å². The van der Waals surface area contributed by atoms with E-state index in [1.807, 2.05) is 92.3 Å². The number of ether oxygens (including phenoxy) is 1. The molecule has 0 spiro atoms. The Kier molecular flexibility index (Phi) is 34.0. The van der Waals surface area contributed by atoms with Crippen LogP contribution < -0.4 is 46.9 Å². The number of rotatable bonds is 18. The molecule has 19 nitrogen and oxygen atoms in total. The van der Waals surface area contributed by atoms with Gasteiger partial charge in [-0.2, -0.15) is 0 Å². The highest BCUT2D eigenvalue weighted by atomic mass is 16.5. The van der Waals surface area contributed by atoms with Crippen LogP contribution in [0.3, 0.4) is 0 Å². The summed E-state index contributed by atoms with van der Waals surface area (Å²) in [7, 11) is 5.53. The number of fused-ring (bicyclic) bond motifs is 1. The largest absolute Gasteiger partial charge is 0.507 e. The van der Waals surface area contributed by atoms with Gasteiger partial charge in [-0.3, -0.25) is 4.98 Å². The van der Waals surface area contributed by atoms with Crippen molar-refractivity contribution in [2.45, 2.75) is 308 Å². The molecular weight excluding hydrogens is 1610 g/mol. The maximum Gasteiger partial charge on any atom is 0.212 e. The van der Waals surface area contributed by atoms with Crippen LogP contribution in [0.15, 0.2) is 171 Å². The van der Waals surface area contributed by atoms with Gasteiger partial charge in [-0.25, -0.2) is 19.9 Å². The number of nitrogens with zero attached hydrogens (tertiary/aromatic N) is 7. The number of anilines is 3. The first-order valence-electron chi connectivity index (χ1n) is 45.9. The van der Waals surface area contributed by atoms with E-state index >= 15 is 0 Å². The molecular formula is C111H157N13O6. The monoisotopic (exact) mass is 1770 g/mol. The molecule has 702 valence electrons. The molecule has 0 amide bonds. The molecule has 12 N–H and O–H groups in total. The molecule has 1 fully saturated rings.